The normalized spacial score (nSPS) is 18.7. The molecule has 0 bridgehead atoms. The predicted octanol–water partition coefficient (Wildman–Crippen LogP) is 1.86. The van der Waals surface area contributed by atoms with Crippen molar-refractivity contribution >= 4 is 11.9 Å². The van der Waals surface area contributed by atoms with Crippen molar-refractivity contribution in [1.29, 1.82) is 0 Å². The number of nitrogens with zero attached hydrogens (tertiary/aromatic N) is 5. The zero-order valence-electron chi connectivity index (χ0n) is 14.9. The van der Waals surface area contributed by atoms with Crippen LogP contribution in [0.4, 0.5) is 0 Å². The average molecular weight is 357 g/mol. The van der Waals surface area contributed by atoms with Crippen LogP contribution in [0.1, 0.15) is 32.7 Å². The molecule has 2 aromatic rings. The van der Waals surface area contributed by atoms with E-state index in [2.05, 4.69) is 15.4 Å². The van der Waals surface area contributed by atoms with Gasteiger partial charge in [0.05, 0.1) is 5.92 Å². The number of piperidine rings is 1. The van der Waals surface area contributed by atoms with Crippen LogP contribution >= 0.6 is 0 Å². The molecule has 2 atom stereocenters. The molecule has 1 fully saturated rings. The Kier molecular flexibility index (Phi) is 5.29. The predicted molar refractivity (Wildman–Crippen MR) is 94.1 cm³/mol. The molecule has 1 aliphatic rings. The molecule has 1 saturated heterocycles. The van der Waals surface area contributed by atoms with E-state index in [9.17, 15) is 14.7 Å². The van der Waals surface area contributed by atoms with Gasteiger partial charge in [-0.1, -0.05) is 44.2 Å². The van der Waals surface area contributed by atoms with E-state index in [1.54, 1.807) is 4.90 Å². The van der Waals surface area contributed by atoms with Crippen LogP contribution in [-0.4, -0.2) is 55.2 Å². The third-order valence-electron chi connectivity index (χ3n) is 4.68. The molecule has 3 rings (SSSR count). The highest BCUT2D eigenvalue weighted by Crippen LogP contribution is 2.24. The van der Waals surface area contributed by atoms with Crippen molar-refractivity contribution in [3.05, 3.63) is 30.3 Å². The van der Waals surface area contributed by atoms with Gasteiger partial charge in [-0.25, -0.2) is 0 Å². The van der Waals surface area contributed by atoms with Gasteiger partial charge in [-0.3, -0.25) is 9.59 Å². The maximum absolute atomic E-state index is 13.1. The molecule has 1 amide bonds. The van der Waals surface area contributed by atoms with E-state index >= 15 is 0 Å². The minimum Gasteiger partial charge on any atom is -0.481 e. The molecule has 1 N–H and O–H groups in total. The van der Waals surface area contributed by atoms with Gasteiger partial charge < -0.3 is 10.0 Å². The second-order valence-corrected chi connectivity index (χ2v) is 6.95. The highest BCUT2D eigenvalue weighted by molar-refractivity contribution is 5.81. The number of benzene rings is 1. The van der Waals surface area contributed by atoms with Crippen LogP contribution in [0, 0.1) is 11.8 Å². The Labute approximate surface area is 151 Å². The van der Waals surface area contributed by atoms with Gasteiger partial charge >= 0.3 is 5.97 Å². The zero-order chi connectivity index (χ0) is 18.7. The fraction of sp³-hybridized carbons (Fsp3) is 0.500. The number of tetrazole rings is 1. The SMILES string of the molecule is CC(C)[C@H](C(=O)N1CCC[C@@H](C(=O)O)C1)n1nnc(-c2ccccc2)n1. The first-order chi connectivity index (χ1) is 12.5. The summed E-state index contributed by atoms with van der Waals surface area (Å²) < 4.78 is 0. The molecule has 0 saturated carbocycles. The van der Waals surface area contributed by atoms with E-state index in [1.165, 1.54) is 4.80 Å². The molecular weight excluding hydrogens is 334 g/mol. The van der Waals surface area contributed by atoms with E-state index in [4.69, 9.17) is 0 Å². The second kappa shape index (κ2) is 7.63. The molecule has 0 unspecified atom stereocenters. The van der Waals surface area contributed by atoms with Crippen LogP contribution < -0.4 is 0 Å². The lowest BCUT2D eigenvalue weighted by atomic mass is 9.96. The maximum Gasteiger partial charge on any atom is 0.308 e. The first-order valence-electron chi connectivity index (χ1n) is 8.84. The molecular formula is C18H23N5O3. The number of hydrogen-bond donors (Lipinski definition) is 1. The van der Waals surface area contributed by atoms with Crippen molar-refractivity contribution in [2.45, 2.75) is 32.7 Å². The molecule has 26 heavy (non-hydrogen) atoms. The minimum atomic E-state index is -0.853. The number of carbonyl (C=O) groups excluding carboxylic acids is 1. The van der Waals surface area contributed by atoms with Gasteiger partial charge in [0.25, 0.3) is 0 Å². The Morgan fingerprint density at radius 2 is 1.96 bits per heavy atom. The van der Waals surface area contributed by atoms with Gasteiger partial charge in [0.1, 0.15) is 0 Å². The fourth-order valence-corrected chi connectivity index (χ4v) is 3.26. The maximum atomic E-state index is 13.1. The number of likely N-dealkylation sites (tertiary alicyclic amines) is 1. The third kappa shape index (κ3) is 3.74. The van der Waals surface area contributed by atoms with E-state index in [-0.39, 0.29) is 18.4 Å². The number of rotatable bonds is 5. The number of hydrogen-bond acceptors (Lipinski definition) is 5. The Bertz CT molecular complexity index is 774. The Balaban J connectivity index is 1.82. The van der Waals surface area contributed by atoms with Crippen molar-refractivity contribution in [2.24, 2.45) is 11.8 Å². The molecule has 1 aliphatic heterocycles. The summed E-state index contributed by atoms with van der Waals surface area (Å²) in [5, 5.41) is 21.8. The number of aromatic nitrogens is 4. The summed E-state index contributed by atoms with van der Waals surface area (Å²) in [5.74, 6) is -1.10. The first-order valence-corrected chi connectivity index (χ1v) is 8.84. The summed E-state index contributed by atoms with van der Waals surface area (Å²) in [6.45, 7) is 4.64. The first kappa shape index (κ1) is 18.0. The molecule has 2 heterocycles. The Morgan fingerprint density at radius 1 is 1.23 bits per heavy atom. The second-order valence-electron chi connectivity index (χ2n) is 6.95. The number of amides is 1. The molecule has 1 aromatic carbocycles. The third-order valence-corrected chi connectivity index (χ3v) is 4.68. The van der Waals surface area contributed by atoms with Gasteiger partial charge in [0, 0.05) is 18.7 Å². The van der Waals surface area contributed by atoms with Crippen LogP contribution in [-0.2, 0) is 9.59 Å². The summed E-state index contributed by atoms with van der Waals surface area (Å²) in [5.41, 5.74) is 0.831. The average Bonchev–Trinajstić information content (AvgIpc) is 3.12. The lowest BCUT2D eigenvalue weighted by Gasteiger charge is -2.33. The Hall–Kier alpha value is -2.77. The fourth-order valence-electron chi connectivity index (χ4n) is 3.26. The highest BCUT2D eigenvalue weighted by atomic mass is 16.4. The van der Waals surface area contributed by atoms with E-state index in [1.807, 2.05) is 44.2 Å². The lowest BCUT2D eigenvalue weighted by molar-refractivity contribution is -0.147. The quantitative estimate of drug-likeness (QED) is 0.876. The van der Waals surface area contributed by atoms with Crippen LogP contribution in [0.25, 0.3) is 11.4 Å². The van der Waals surface area contributed by atoms with Crippen molar-refractivity contribution in [3.63, 3.8) is 0 Å². The van der Waals surface area contributed by atoms with Crippen molar-refractivity contribution in [3.8, 4) is 11.4 Å². The minimum absolute atomic E-state index is 0.0504. The van der Waals surface area contributed by atoms with Gasteiger partial charge in [-0.15, -0.1) is 10.2 Å². The number of carboxylic acids is 1. The van der Waals surface area contributed by atoms with Crippen LogP contribution in [0.3, 0.4) is 0 Å². The number of carbonyl (C=O) groups is 2. The van der Waals surface area contributed by atoms with Crippen LogP contribution in [0.5, 0.6) is 0 Å². The summed E-state index contributed by atoms with van der Waals surface area (Å²) in [4.78, 5) is 27.3. The summed E-state index contributed by atoms with van der Waals surface area (Å²) >= 11 is 0. The zero-order valence-corrected chi connectivity index (χ0v) is 14.9. The van der Waals surface area contributed by atoms with Gasteiger partial charge in [0.15, 0.2) is 6.04 Å². The summed E-state index contributed by atoms with van der Waals surface area (Å²) in [7, 11) is 0. The highest BCUT2D eigenvalue weighted by Gasteiger charge is 2.35. The summed E-state index contributed by atoms with van der Waals surface area (Å²) in [6.07, 6.45) is 1.29. The van der Waals surface area contributed by atoms with Crippen LogP contribution in [0.15, 0.2) is 30.3 Å². The smallest absolute Gasteiger partial charge is 0.308 e. The van der Waals surface area contributed by atoms with Gasteiger partial charge in [-0.2, -0.15) is 4.80 Å². The number of aliphatic carboxylic acids is 1. The molecule has 8 nitrogen and oxygen atoms in total. The monoisotopic (exact) mass is 357 g/mol. The van der Waals surface area contributed by atoms with Crippen LogP contribution in [0.2, 0.25) is 0 Å². The molecule has 1 aromatic heterocycles. The van der Waals surface area contributed by atoms with Crippen molar-refractivity contribution in [1.82, 2.24) is 25.1 Å². The van der Waals surface area contributed by atoms with E-state index in [0.717, 1.165) is 5.56 Å². The topological polar surface area (TPSA) is 101 Å². The van der Waals surface area contributed by atoms with E-state index < -0.39 is 17.9 Å². The largest absolute Gasteiger partial charge is 0.481 e. The molecule has 0 aliphatic carbocycles. The molecule has 8 heteroatoms. The lowest BCUT2D eigenvalue weighted by Crippen LogP contribution is -2.46. The van der Waals surface area contributed by atoms with Crippen molar-refractivity contribution in [2.75, 3.05) is 13.1 Å². The standard InChI is InChI=1S/C18H23N5O3/c1-12(2)15(17(24)22-10-6-9-14(11-22)18(25)26)23-20-16(19-21-23)13-7-4-3-5-8-13/h3-5,7-8,12,14-15H,6,9-11H2,1-2H3,(H,25,26)/t14-,15-/m1/s1. The molecule has 138 valence electrons. The molecule has 0 radical (unpaired) electrons. The van der Waals surface area contributed by atoms with Crippen molar-refractivity contribution < 1.29 is 14.7 Å². The number of carboxylic acid groups (broad SMARTS) is 1. The Morgan fingerprint density at radius 3 is 2.62 bits per heavy atom. The summed E-state index contributed by atoms with van der Waals surface area (Å²) in [6, 6.07) is 8.85. The van der Waals surface area contributed by atoms with E-state index in [0.29, 0.717) is 25.2 Å². The van der Waals surface area contributed by atoms with Gasteiger partial charge in [-0.05, 0) is 24.0 Å². The molecule has 0 spiro atoms. The van der Waals surface area contributed by atoms with Gasteiger partial charge in [0.2, 0.25) is 11.7 Å².